The molecule has 4 rings (SSSR count). The van der Waals surface area contributed by atoms with E-state index in [9.17, 15) is 19.8 Å². The van der Waals surface area contributed by atoms with Crippen molar-refractivity contribution in [3.05, 3.63) is 24.5 Å². The Hall–Kier alpha value is -3.09. The van der Waals surface area contributed by atoms with Gasteiger partial charge < -0.3 is 24.4 Å². The molecule has 2 aliphatic heterocycles. The number of aliphatic carboxylic acids is 1. The lowest BCUT2D eigenvalue weighted by Gasteiger charge is -2.36. The quantitative estimate of drug-likeness (QED) is 0.613. The van der Waals surface area contributed by atoms with Crippen LogP contribution in [0, 0.1) is 0 Å². The molecule has 1 amide bonds. The van der Waals surface area contributed by atoms with Crippen LogP contribution in [0.4, 0.5) is 5.82 Å². The van der Waals surface area contributed by atoms with Gasteiger partial charge in [-0.05, 0) is 6.92 Å². The van der Waals surface area contributed by atoms with E-state index < -0.39 is 23.6 Å². The summed E-state index contributed by atoms with van der Waals surface area (Å²) in [7, 11) is 0. The Bertz CT molecular complexity index is 926. The number of ether oxygens (including phenoxy) is 3. The molecule has 0 unspecified atom stereocenters. The number of hydrogen-bond acceptors (Lipinski definition) is 9. The molecule has 0 radical (unpaired) electrons. The van der Waals surface area contributed by atoms with E-state index in [2.05, 4.69) is 15.3 Å². The Morgan fingerprint density at radius 3 is 2.90 bits per heavy atom. The van der Waals surface area contributed by atoms with E-state index in [0.717, 1.165) is 6.92 Å². The van der Waals surface area contributed by atoms with Crippen LogP contribution in [0.5, 0.6) is 5.88 Å². The number of aromatic nitrogens is 4. The number of amides is 1. The van der Waals surface area contributed by atoms with Gasteiger partial charge >= 0.3 is 5.97 Å². The van der Waals surface area contributed by atoms with Gasteiger partial charge in [0.1, 0.15) is 6.10 Å². The molecule has 2 aromatic heterocycles. The summed E-state index contributed by atoms with van der Waals surface area (Å²) in [5.41, 5.74) is -1.79. The highest BCUT2D eigenvalue weighted by Gasteiger charge is 2.49. The molecule has 2 aromatic rings. The maximum Gasteiger partial charge on any atom is 0.338 e. The molecule has 0 saturated carbocycles. The average molecular weight is 405 g/mol. The fraction of sp³-hybridized carbons (Fsp3) is 0.471. The van der Waals surface area contributed by atoms with Gasteiger partial charge in [0.25, 0.3) is 5.91 Å². The van der Waals surface area contributed by atoms with Gasteiger partial charge in [-0.25, -0.2) is 9.48 Å². The number of carbonyl (C=O) groups is 2. The van der Waals surface area contributed by atoms with Crippen LogP contribution in [-0.4, -0.2) is 86.2 Å². The molecule has 12 heteroatoms. The molecule has 0 aromatic carbocycles. The SMILES string of the molecule is C[C@](O)(C(=O)O)[C@H]1OCCN(c2ccn(-c3cnnc(OC4COC4)c3)n2)C1=O. The minimum atomic E-state index is -2.36. The van der Waals surface area contributed by atoms with Crippen molar-refractivity contribution in [2.45, 2.75) is 24.7 Å². The number of carboxylic acids is 1. The van der Waals surface area contributed by atoms with Crippen molar-refractivity contribution in [3.63, 3.8) is 0 Å². The Labute approximate surface area is 164 Å². The molecule has 12 nitrogen and oxygen atoms in total. The molecule has 0 bridgehead atoms. The zero-order valence-electron chi connectivity index (χ0n) is 15.5. The second-order valence-electron chi connectivity index (χ2n) is 6.84. The molecule has 2 fully saturated rings. The summed E-state index contributed by atoms with van der Waals surface area (Å²) in [5.74, 6) is -1.62. The monoisotopic (exact) mass is 405 g/mol. The van der Waals surface area contributed by atoms with Crippen LogP contribution in [-0.2, 0) is 19.1 Å². The number of anilines is 1. The van der Waals surface area contributed by atoms with Gasteiger partial charge in [0, 0.05) is 18.3 Å². The molecule has 0 spiro atoms. The number of morpholine rings is 1. The van der Waals surface area contributed by atoms with Crippen LogP contribution in [0.3, 0.4) is 0 Å². The number of hydrogen-bond donors (Lipinski definition) is 2. The van der Waals surface area contributed by atoms with Gasteiger partial charge in [0.05, 0.1) is 38.2 Å². The first-order valence-corrected chi connectivity index (χ1v) is 8.88. The molecular weight excluding hydrogens is 386 g/mol. The predicted molar refractivity (Wildman–Crippen MR) is 94.7 cm³/mol. The van der Waals surface area contributed by atoms with Crippen molar-refractivity contribution in [2.75, 3.05) is 31.3 Å². The molecule has 2 N–H and O–H groups in total. The minimum absolute atomic E-state index is 0.0577. The standard InChI is InChI=1S/C17H19N5O7/c1-17(26,16(24)25)14-15(23)21(4-5-28-14)12-2-3-22(20-12)10-6-13(19-18-7-10)29-11-8-27-9-11/h2-3,6-7,11,14,26H,4-5,8-9H2,1H3,(H,24,25)/t14-,17+/m0/s1. The molecule has 29 heavy (non-hydrogen) atoms. The minimum Gasteiger partial charge on any atom is -0.479 e. The summed E-state index contributed by atoms with van der Waals surface area (Å²) in [4.78, 5) is 25.3. The zero-order chi connectivity index (χ0) is 20.6. The number of carbonyl (C=O) groups excluding carboxylic acids is 1. The first-order valence-electron chi connectivity index (χ1n) is 8.88. The van der Waals surface area contributed by atoms with E-state index in [0.29, 0.717) is 24.8 Å². The lowest BCUT2D eigenvalue weighted by molar-refractivity contribution is -0.180. The van der Waals surface area contributed by atoms with Crippen molar-refractivity contribution in [3.8, 4) is 11.6 Å². The van der Waals surface area contributed by atoms with Gasteiger partial charge in [0.2, 0.25) is 5.88 Å². The summed E-state index contributed by atoms with van der Waals surface area (Å²) < 4.78 is 17.4. The third kappa shape index (κ3) is 3.64. The van der Waals surface area contributed by atoms with Gasteiger partial charge in [-0.1, -0.05) is 0 Å². The van der Waals surface area contributed by atoms with Crippen molar-refractivity contribution in [1.82, 2.24) is 20.0 Å². The molecular formula is C17H19N5O7. The first-order chi connectivity index (χ1) is 13.9. The van der Waals surface area contributed by atoms with Gasteiger partial charge in [-0.15, -0.1) is 10.2 Å². The summed E-state index contributed by atoms with van der Waals surface area (Å²) in [6, 6.07) is 3.25. The van der Waals surface area contributed by atoms with E-state index >= 15 is 0 Å². The zero-order valence-corrected chi connectivity index (χ0v) is 15.5. The Morgan fingerprint density at radius 2 is 2.21 bits per heavy atom. The maximum absolute atomic E-state index is 12.7. The number of nitrogens with zero attached hydrogens (tertiary/aromatic N) is 5. The number of rotatable bonds is 6. The summed E-state index contributed by atoms with van der Waals surface area (Å²) in [6.45, 7) is 2.26. The normalized spacial score (nSPS) is 22.1. The lowest BCUT2D eigenvalue weighted by atomic mass is 9.97. The number of aliphatic hydroxyl groups is 1. The summed E-state index contributed by atoms with van der Waals surface area (Å²) in [6.07, 6.45) is 1.51. The fourth-order valence-electron chi connectivity index (χ4n) is 2.90. The second-order valence-corrected chi connectivity index (χ2v) is 6.84. The average Bonchev–Trinajstić information content (AvgIpc) is 3.15. The van der Waals surface area contributed by atoms with Gasteiger partial charge in [-0.2, -0.15) is 5.10 Å². The van der Waals surface area contributed by atoms with E-state index in [1.807, 2.05) is 0 Å². The highest BCUT2D eigenvalue weighted by atomic mass is 16.6. The van der Waals surface area contributed by atoms with Crippen LogP contribution < -0.4 is 9.64 Å². The van der Waals surface area contributed by atoms with Crippen LogP contribution >= 0.6 is 0 Å². The molecule has 4 heterocycles. The highest BCUT2D eigenvalue weighted by Crippen LogP contribution is 2.24. The van der Waals surface area contributed by atoms with Crippen LogP contribution in [0.15, 0.2) is 24.5 Å². The fourth-order valence-corrected chi connectivity index (χ4v) is 2.90. The summed E-state index contributed by atoms with van der Waals surface area (Å²) in [5, 5.41) is 31.5. The lowest BCUT2D eigenvalue weighted by Crippen LogP contribution is -2.60. The van der Waals surface area contributed by atoms with Crippen molar-refractivity contribution in [1.29, 1.82) is 0 Å². The van der Waals surface area contributed by atoms with E-state index in [4.69, 9.17) is 14.2 Å². The van der Waals surface area contributed by atoms with Crippen LogP contribution in [0.25, 0.3) is 5.69 Å². The Kier molecular flexibility index (Phi) is 4.90. The topological polar surface area (TPSA) is 149 Å². The van der Waals surface area contributed by atoms with Gasteiger partial charge in [0.15, 0.2) is 17.5 Å². The largest absolute Gasteiger partial charge is 0.479 e. The van der Waals surface area contributed by atoms with Crippen molar-refractivity contribution < 1.29 is 34.0 Å². The molecule has 2 saturated heterocycles. The first kappa shape index (κ1) is 19.2. The smallest absolute Gasteiger partial charge is 0.338 e. The van der Waals surface area contributed by atoms with Crippen LogP contribution in [0.2, 0.25) is 0 Å². The van der Waals surface area contributed by atoms with E-state index in [1.54, 1.807) is 18.3 Å². The molecule has 2 atom stereocenters. The van der Waals surface area contributed by atoms with E-state index in [-0.39, 0.29) is 25.1 Å². The summed E-state index contributed by atoms with van der Waals surface area (Å²) >= 11 is 0. The van der Waals surface area contributed by atoms with Crippen LogP contribution in [0.1, 0.15) is 6.92 Å². The third-order valence-corrected chi connectivity index (χ3v) is 4.66. The highest BCUT2D eigenvalue weighted by molar-refractivity contribution is 6.00. The van der Waals surface area contributed by atoms with Crippen molar-refractivity contribution >= 4 is 17.7 Å². The second kappa shape index (κ2) is 7.39. The predicted octanol–water partition coefficient (Wildman–Crippen LogP) is -0.993. The molecule has 154 valence electrons. The third-order valence-electron chi connectivity index (χ3n) is 4.66. The van der Waals surface area contributed by atoms with Gasteiger partial charge in [-0.3, -0.25) is 9.69 Å². The Balaban J connectivity index is 1.53. The Morgan fingerprint density at radius 1 is 1.41 bits per heavy atom. The van der Waals surface area contributed by atoms with Crippen molar-refractivity contribution in [2.24, 2.45) is 0 Å². The molecule has 2 aliphatic rings. The van der Waals surface area contributed by atoms with E-state index in [1.165, 1.54) is 15.8 Å². The molecule has 0 aliphatic carbocycles. The maximum atomic E-state index is 12.7. The number of carboxylic acid groups (broad SMARTS) is 1.